The van der Waals surface area contributed by atoms with E-state index in [2.05, 4.69) is 28.6 Å². The second-order valence-electron chi connectivity index (χ2n) is 9.52. The Kier molecular flexibility index (Phi) is 4.90. The van der Waals surface area contributed by atoms with Crippen molar-refractivity contribution in [3.05, 3.63) is 34.9 Å². The number of imide groups is 1. The van der Waals surface area contributed by atoms with Gasteiger partial charge in [-0.05, 0) is 56.3 Å². The van der Waals surface area contributed by atoms with Crippen LogP contribution in [0, 0.1) is 5.92 Å². The Balaban J connectivity index is 1.37. The fourth-order valence-electron chi connectivity index (χ4n) is 6.03. The summed E-state index contributed by atoms with van der Waals surface area (Å²) < 4.78 is 0. The Labute approximate surface area is 177 Å². The molecule has 1 aromatic carbocycles. The van der Waals surface area contributed by atoms with Crippen molar-refractivity contribution in [3.63, 3.8) is 0 Å². The Morgan fingerprint density at radius 2 is 2.10 bits per heavy atom. The van der Waals surface area contributed by atoms with Crippen LogP contribution in [0.1, 0.15) is 60.0 Å². The maximum absolute atomic E-state index is 13.3. The van der Waals surface area contributed by atoms with Crippen molar-refractivity contribution in [1.82, 2.24) is 20.4 Å². The lowest BCUT2D eigenvalue weighted by Crippen LogP contribution is -2.60. The van der Waals surface area contributed by atoms with E-state index in [1.54, 1.807) is 4.90 Å². The molecule has 4 aliphatic rings. The lowest BCUT2D eigenvalue weighted by atomic mass is 9.72. The normalized spacial score (nSPS) is 31.1. The van der Waals surface area contributed by atoms with Gasteiger partial charge < -0.3 is 10.2 Å². The van der Waals surface area contributed by atoms with Crippen molar-refractivity contribution >= 4 is 17.7 Å². The van der Waals surface area contributed by atoms with Crippen LogP contribution in [-0.2, 0) is 22.7 Å². The molecule has 1 aliphatic carbocycles. The molecule has 3 fully saturated rings. The van der Waals surface area contributed by atoms with Gasteiger partial charge in [0, 0.05) is 37.2 Å². The summed E-state index contributed by atoms with van der Waals surface area (Å²) in [7, 11) is 2.19. The molecule has 2 bridgehead atoms. The standard InChI is InChI=1S/C23H30N4O3/c1-26(23-9-3-4-15(10-23)11-24-14-23)12-16-5-2-6-17-13-27(22(30)20(16)17)18-7-8-19(28)25-21(18)29/h2,5-6,15,18,24H,3-4,7-14H2,1H3,(H,25,28,29). The summed E-state index contributed by atoms with van der Waals surface area (Å²) in [6.07, 6.45) is 5.67. The molecular weight excluding hydrogens is 380 g/mol. The minimum absolute atomic E-state index is 0.0794. The Hall–Kier alpha value is -2.25. The van der Waals surface area contributed by atoms with Crippen molar-refractivity contribution in [2.45, 2.75) is 63.2 Å². The van der Waals surface area contributed by atoms with Gasteiger partial charge >= 0.3 is 0 Å². The average Bonchev–Trinajstić information content (AvgIpc) is 3.05. The summed E-state index contributed by atoms with van der Waals surface area (Å²) in [5, 5.41) is 6.00. The highest BCUT2D eigenvalue weighted by atomic mass is 16.2. The number of hydrogen-bond donors (Lipinski definition) is 2. The highest BCUT2D eigenvalue weighted by Gasteiger charge is 2.43. The minimum atomic E-state index is -0.562. The van der Waals surface area contributed by atoms with Crippen LogP contribution >= 0.6 is 0 Å². The molecule has 3 atom stereocenters. The third kappa shape index (κ3) is 3.24. The van der Waals surface area contributed by atoms with Crippen LogP contribution in [0.4, 0.5) is 0 Å². The van der Waals surface area contributed by atoms with E-state index in [0.717, 1.165) is 42.2 Å². The number of nitrogens with zero attached hydrogens (tertiary/aromatic N) is 2. The van der Waals surface area contributed by atoms with Gasteiger partial charge in [0.25, 0.3) is 5.91 Å². The van der Waals surface area contributed by atoms with Crippen molar-refractivity contribution in [3.8, 4) is 0 Å². The number of carbonyl (C=O) groups is 3. The molecule has 0 radical (unpaired) electrons. The summed E-state index contributed by atoms with van der Waals surface area (Å²) in [4.78, 5) is 41.3. The van der Waals surface area contributed by atoms with Crippen LogP contribution in [0.15, 0.2) is 18.2 Å². The van der Waals surface area contributed by atoms with Crippen LogP contribution in [0.5, 0.6) is 0 Å². The summed E-state index contributed by atoms with van der Waals surface area (Å²) >= 11 is 0. The monoisotopic (exact) mass is 410 g/mol. The van der Waals surface area contributed by atoms with E-state index in [9.17, 15) is 14.4 Å². The molecule has 5 rings (SSSR count). The van der Waals surface area contributed by atoms with Crippen LogP contribution < -0.4 is 10.6 Å². The second kappa shape index (κ2) is 7.46. The van der Waals surface area contributed by atoms with E-state index >= 15 is 0 Å². The van der Waals surface area contributed by atoms with Gasteiger partial charge in [-0.25, -0.2) is 0 Å². The number of piperidine rings is 2. The van der Waals surface area contributed by atoms with Gasteiger partial charge in [-0.1, -0.05) is 24.6 Å². The number of benzene rings is 1. The first-order chi connectivity index (χ1) is 14.5. The van der Waals surface area contributed by atoms with Crippen molar-refractivity contribution in [2.75, 3.05) is 20.1 Å². The third-order valence-electron chi connectivity index (χ3n) is 7.67. The SMILES string of the molecule is CN(Cc1cccc2c1C(=O)N(C1CCC(=O)NC1=O)C2)C12CCCC(CNC1)C2. The van der Waals surface area contributed by atoms with Gasteiger partial charge in [0.05, 0.1) is 0 Å². The quantitative estimate of drug-likeness (QED) is 0.734. The summed E-state index contributed by atoms with van der Waals surface area (Å²) in [5.74, 6) is 0.0609. The molecule has 7 heteroatoms. The second-order valence-corrected chi connectivity index (χ2v) is 9.52. The van der Waals surface area contributed by atoms with Crippen molar-refractivity contribution in [2.24, 2.45) is 5.92 Å². The molecule has 3 unspecified atom stereocenters. The summed E-state index contributed by atoms with van der Waals surface area (Å²) in [5.41, 5.74) is 2.93. The molecule has 3 heterocycles. The Bertz CT molecular complexity index is 888. The lowest BCUT2D eigenvalue weighted by molar-refractivity contribution is -0.136. The number of likely N-dealkylation sites (N-methyl/N-ethyl adjacent to an activating group) is 1. The highest BCUT2D eigenvalue weighted by molar-refractivity contribution is 6.05. The topological polar surface area (TPSA) is 81.8 Å². The Morgan fingerprint density at radius 3 is 2.93 bits per heavy atom. The van der Waals surface area contributed by atoms with Gasteiger partial charge in [0.2, 0.25) is 11.8 Å². The van der Waals surface area contributed by atoms with E-state index in [-0.39, 0.29) is 29.7 Å². The molecule has 1 saturated carbocycles. The van der Waals surface area contributed by atoms with Crippen LogP contribution in [0.3, 0.4) is 0 Å². The summed E-state index contributed by atoms with van der Waals surface area (Å²) in [6, 6.07) is 5.49. The predicted octanol–water partition coefficient (Wildman–Crippen LogP) is 1.41. The lowest BCUT2D eigenvalue weighted by Gasteiger charge is -2.51. The third-order valence-corrected chi connectivity index (χ3v) is 7.67. The van der Waals surface area contributed by atoms with Gasteiger partial charge in [-0.2, -0.15) is 0 Å². The predicted molar refractivity (Wildman–Crippen MR) is 112 cm³/mol. The van der Waals surface area contributed by atoms with Crippen LogP contribution in [-0.4, -0.2) is 59.2 Å². The zero-order valence-electron chi connectivity index (χ0n) is 17.6. The van der Waals surface area contributed by atoms with E-state index in [4.69, 9.17) is 0 Å². The molecule has 30 heavy (non-hydrogen) atoms. The van der Waals surface area contributed by atoms with Crippen LogP contribution in [0.2, 0.25) is 0 Å². The van der Waals surface area contributed by atoms with E-state index in [1.165, 1.54) is 25.7 Å². The maximum atomic E-state index is 13.3. The zero-order chi connectivity index (χ0) is 20.9. The average molecular weight is 411 g/mol. The first-order valence-corrected chi connectivity index (χ1v) is 11.1. The number of rotatable bonds is 4. The highest BCUT2D eigenvalue weighted by Crippen LogP contribution is 2.39. The summed E-state index contributed by atoms with van der Waals surface area (Å²) in [6.45, 7) is 3.29. The molecule has 2 N–H and O–H groups in total. The van der Waals surface area contributed by atoms with Gasteiger partial charge in [0.15, 0.2) is 0 Å². The number of fused-ring (bicyclic) bond motifs is 3. The largest absolute Gasteiger partial charge is 0.322 e. The van der Waals surface area contributed by atoms with Crippen molar-refractivity contribution in [1.29, 1.82) is 0 Å². The smallest absolute Gasteiger partial charge is 0.255 e. The van der Waals surface area contributed by atoms with Gasteiger partial charge in [-0.15, -0.1) is 0 Å². The molecule has 7 nitrogen and oxygen atoms in total. The minimum Gasteiger partial charge on any atom is -0.322 e. The molecule has 1 aromatic rings. The van der Waals surface area contributed by atoms with E-state index in [1.807, 2.05) is 12.1 Å². The molecule has 3 amide bonds. The first kappa shape index (κ1) is 19.7. The van der Waals surface area contributed by atoms with Crippen molar-refractivity contribution < 1.29 is 14.4 Å². The van der Waals surface area contributed by atoms with Crippen LogP contribution in [0.25, 0.3) is 0 Å². The number of carbonyl (C=O) groups excluding carboxylic acids is 3. The number of hydrogen-bond acceptors (Lipinski definition) is 5. The fourth-order valence-corrected chi connectivity index (χ4v) is 6.03. The zero-order valence-corrected chi connectivity index (χ0v) is 17.6. The molecule has 2 saturated heterocycles. The van der Waals surface area contributed by atoms with E-state index < -0.39 is 6.04 Å². The first-order valence-electron chi connectivity index (χ1n) is 11.1. The van der Waals surface area contributed by atoms with Gasteiger partial charge in [-0.3, -0.25) is 24.6 Å². The van der Waals surface area contributed by atoms with Gasteiger partial charge in [0.1, 0.15) is 6.04 Å². The fraction of sp³-hybridized carbons (Fsp3) is 0.609. The number of amides is 3. The Morgan fingerprint density at radius 1 is 1.23 bits per heavy atom. The molecular formula is C23H30N4O3. The maximum Gasteiger partial charge on any atom is 0.255 e. The molecule has 0 spiro atoms. The van der Waals surface area contributed by atoms with E-state index in [0.29, 0.717) is 13.0 Å². The molecule has 0 aromatic heterocycles. The number of nitrogens with one attached hydrogen (secondary N) is 2. The molecule has 160 valence electrons. The molecule has 3 aliphatic heterocycles.